The van der Waals surface area contributed by atoms with Crippen molar-refractivity contribution in [3.63, 3.8) is 0 Å². The molecule has 0 amide bonds. The number of unbranched alkanes of at least 4 members (excludes halogenated alkanes) is 5. The van der Waals surface area contributed by atoms with Gasteiger partial charge in [-0.3, -0.25) is 0 Å². The molecule has 0 nitrogen and oxygen atoms in total. The number of hydrogen-bond acceptors (Lipinski definition) is 0. The molecule has 0 atom stereocenters. The van der Waals surface area contributed by atoms with Crippen molar-refractivity contribution in [3.8, 4) is 22.3 Å². The zero-order valence-electron chi connectivity index (χ0n) is 28.3. The van der Waals surface area contributed by atoms with Gasteiger partial charge in [-0.1, -0.05) is 113 Å². The predicted molar refractivity (Wildman–Crippen MR) is 188 cm³/mol. The molecule has 0 saturated heterocycles. The van der Waals surface area contributed by atoms with Gasteiger partial charge < -0.3 is 0 Å². The average Bonchev–Trinajstić information content (AvgIpc) is 3.09. The molecule has 3 heteroatoms. The van der Waals surface area contributed by atoms with Gasteiger partial charge in [0.25, 0.3) is 0 Å². The first-order chi connectivity index (χ1) is 22.5. The van der Waals surface area contributed by atoms with E-state index in [0.717, 1.165) is 61.0 Å². The summed E-state index contributed by atoms with van der Waals surface area (Å²) < 4.78 is 45.5. The zero-order chi connectivity index (χ0) is 32.3. The molecular formula is C43H55F3. The summed E-state index contributed by atoms with van der Waals surface area (Å²) in [6.45, 7) is 4.30. The molecule has 0 unspecified atom stereocenters. The summed E-state index contributed by atoms with van der Waals surface area (Å²) in [5.41, 5.74) is 3.71. The smallest absolute Gasteiger partial charge is 0.166 e. The summed E-state index contributed by atoms with van der Waals surface area (Å²) in [4.78, 5) is 0. The average molecular weight is 629 g/mol. The minimum absolute atomic E-state index is 0.208. The summed E-state index contributed by atoms with van der Waals surface area (Å²) in [5.74, 6) is 1.32. The molecule has 5 rings (SSSR count). The molecule has 2 saturated carbocycles. The second-order valence-electron chi connectivity index (χ2n) is 14.3. The van der Waals surface area contributed by atoms with Gasteiger partial charge >= 0.3 is 0 Å². The maximum atomic E-state index is 15.5. The molecule has 2 aliphatic carbocycles. The number of benzene rings is 3. The van der Waals surface area contributed by atoms with Crippen molar-refractivity contribution < 1.29 is 13.2 Å². The van der Waals surface area contributed by atoms with E-state index in [9.17, 15) is 4.39 Å². The Labute approximate surface area is 276 Å². The minimum Gasteiger partial charge on any atom is -0.206 e. The van der Waals surface area contributed by atoms with Crippen molar-refractivity contribution in [1.82, 2.24) is 0 Å². The Balaban J connectivity index is 1.14. The van der Waals surface area contributed by atoms with Crippen LogP contribution < -0.4 is 0 Å². The quantitative estimate of drug-likeness (QED) is 0.123. The number of hydrogen-bond donors (Lipinski definition) is 0. The lowest BCUT2D eigenvalue weighted by atomic mass is 9.68. The first-order valence-corrected chi connectivity index (χ1v) is 18.5. The Kier molecular flexibility index (Phi) is 13.0. The Morgan fingerprint density at radius 2 is 1.26 bits per heavy atom. The van der Waals surface area contributed by atoms with Crippen LogP contribution >= 0.6 is 0 Å². The fourth-order valence-electron chi connectivity index (χ4n) is 8.32. The van der Waals surface area contributed by atoms with E-state index in [1.807, 2.05) is 18.2 Å². The molecular weight excluding hydrogens is 573 g/mol. The fourth-order valence-corrected chi connectivity index (χ4v) is 8.32. The molecule has 3 aromatic rings. The second-order valence-corrected chi connectivity index (χ2v) is 14.3. The monoisotopic (exact) mass is 628 g/mol. The van der Waals surface area contributed by atoms with Crippen molar-refractivity contribution in [3.05, 3.63) is 95.3 Å². The van der Waals surface area contributed by atoms with Gasteiger partial charge in [0.15, 0.2) is 11.6 Å². The molecule has 46 heavy (non-hydrogen) atoms. The van der Waals surface area contributed by atoms with Gasteiger partial charge in [-0.05, 0) is 123 Å². The molecule has 0 heterocycles. The van der Waals surface area contributed by atoms with Gasteiger partial charge in [0, 0.05) is 11.1 Å². The summed E-state index contributed by atoms with van der Waals surface area (Å²) in [7, 11) is 0. The fraction of sp³-hybridized carbons (Fsp3) is 0.535. The van der Waals surface area contributed by atoms with Crippen LogP contribution in [-0.2, 0) is 6.42 Å². The zero-order valence-corrected chi connectivity index (χ0v) is 28.3. The van der Waals surface area contributed by atoms with Crippen LogP contribution in [0.4, 0.5) is 13.2 Å². The van der Waals surface area contributed by atoms with Crippen molar-refractivity contribution in [1.29, 1.82) is 0 Å². The summed E-state index contributed by atoms with van der Waals surface area (Å²) in [5, 5.41) is 0. The Morgan fingerprint density at radius 1 is 0.652 bits per heavy atom. The third-order valence-corrected chi connectivity index (χ3v) is 11.2. The molecule has 248 valence electrons. The maximum Gasteiger partial charge on any atom is 0.166 e. The highest BCUT2D eigenvalue weighted by Crippen LogP contribution is 2.45. The van der Waals surface area contributed by atoms with Crippen LogP contribution in [0.1, 0.15) is 134 Å². The second kappa shape index (κ2) is 17.4. The third kappa shape index (κ3) is 8.96. The van der Waals surface area contributed by atoms with E-state index in [2.05, 4.69) is 32.1 Å². The lowest BCUT2D eigenvalue weighted by Crippen LogP contribution is -2.25. The molecule has 0 radical (unpaired) electrons. The molecule has 0 spiro atoms. The number of aryl methyl sites for hydroxylation is 1. The van der Waals surface area contributed by atoms with Gasteiger partial charge in [-0.15, -0.1) is 0 Å². The minimum atomic E-state index is -0.797. The molecule has 3 aromatic carbocycles. The standard InChI is InChI=1S/C43H55F3/c1-3-5-7-8-9-11-13-37-26-29-40(43(46)42(37)45)36-24-22-35(23-25-36)39-28-27-38(30-41(39)44)34-20-18-33(19-21-34)32-16-14-31(15-17-32)12-10-6-4-2/h4,6,22-34H,3,5,7-21H2,1-2H3/b6-4+. The van der Waals surface area contributed by atoms with E-state index in [1.165, 1.54) is 70.6 Å². The molecule has 2 aliphatic rings. The lowest BCUT2D eigenvalue weighted by Gasteiger charge is -2.38. The van der Waals surface area contributed by atoms with Crippen LogP contribution in [0.2, 0.25) is 0 Å². The van der Waals surface area contributed by atoms with Crippen molar-refractivity contribution >= 4 is 0 Å². The van der Waals surface area contributed by atoms with Crippen LogP contribution in [0.3, 0.4) is 0 Å². The molecule has 0 aromatic heterocycles. The Hall–Kier alpha value is -2.81. The van der Waals surface area contributed by atoms with Gasteiger partial charge in [-0.25, -0.2) is 13.2 Å². The van der Waals surface area contributed by atoms with E-state index in [4.69, 9.17) is 0 Å². The topological polar surface area (TPSA) is 0 Å². The number of allylic oxidation sites excluding steroid dienone is 2. The highest BCUT2D eigenvalue weighted by molar-refractivity contribution is 5.71. The Morgan fingerprint density at radius 3 is 1.91 bits per heavy atom. The van der Waals surface area contributed by atoms with Gasteiger partial charge in [0.2, 0.25) is 0 Å². The lowest BCUT2D eigenvalue weighted by molar-refractivity contribution is 0.157. The number of rotatable bonds is 14. The SMILES string of the molecule is C/C=C/CCC1CCC(C2CCC(c3ccc(-c4ccc(-c5ccc(CCCCCCCC)c(F)c5F)cc4)c(F)c3)CC2)CC1. The first-order valence-electron chi connectivity index (χ1n) is 18.5. The normalized spacial score (nSPS) is 22.0. The van der Waals surface area contributed by atoms with Gasteiger partial charge in [-0.2, -0.15) is 0 Å². The highest BCUT2D eigenvalue weighted by Gasteiger charge is 2.31. The maximum absolute atomic E-state index is 15.5. The van der Waals surface area contributed by atoms with Crippen molar-refractivity contribution in [2.75, 3.05) is 0 Å². The molecule has 0 bridgehead atoms. The summed E-state index contributed by atoms with van der Waals surface area (Å²) in [6.07, 6.45) is 24.7. The van der Waals surface area contributed by atoms with E-state index < -0.39 is 11.6 Å². The molecule has 0 aliphatic heterocycles. The van der Waals surface area contributed by atoms with E-state index >= 15 is 8.78 Å². The largest absolute Gasteiger partial charge is 0.206 e. The van der Waals surface area contributed by atoms with Crippen LogP contribution in [0.25, 0.3) is 22.3 Å². The van der Waals surface area contributed by atoms with Crippen molar-refractivity contribution in [2.24, 2.45) is 17.8 Å². The summed E-state index contributed by atoms with van der Waals surface area (Å²) in [6, 6.07) is 16.3. The third-order valence-electron chi connectivity index (χ3n) is 11.2. The van der Waals surface area contributed by atoms with Gasteiger partial charge in [0.05, 0.1) is 0 Å². The van der Waals surface area contributed by atoms with Crippen LogP contribution in [-0.4, -0.2) is 0 Å². The molecule has 0 N–H and O–H groups in total. The van der Waals surface area contributed by atoms with E-state index in [-0.39, 0.29) is 11.4 Å². The van der Waals surface area contributed by atoms with Crippen LogP contribution in [0, 0.1) is 35.2 Å². The number of halogens is 3. The first kappa shape index (κ1) is 34.5. The van der Waals surface area contributed by atoms with Crippen LogP contribution in [0.5, 0.6) is 0 Å². The van der Waals surface area contributed by atoms with E-state index in [0.29, 0.717) is 29.0 Å². The molecule has 2 fully saturated rings. The highest BCUT2D eigenvalue weighted by atomic mass is 19.2. The van der Waals surface area contributed by atoms with E-state index in [1.54, 1.807) is 30.3 Å². The van der Waals surface area contributed by atoms with Gasteiger partial charge in [0.1, 0.15) is 5.82 Å². The van der Waals surface area contributed by atoms with Crippen LogP contribution in [0.15, 0.2) is 66.7 Å². The predicted octanol–water partition coefficient (Wildman–Crippen LogP) is 13.8. The van der Waals surface area contributed by atoms with Crippen molar-refractivity contribution in [2.45, 2.75) is 129 Å². The summed E-state index contributed by atoms with van der Waals surface area (Å²) >= 11 is 0. The Bertz CT molecular complexity index is 1390.